The van der Waals surface area contributed by atoms with Gasteiger partial charge in [0.1, 0.15) is 5.75 Å². The molecule has 0 amide bonds. The van der Waals surface area contributed by atoms with Gasteiger partial charge in [-0.15, -0.1) is 0 Å². The molecule has 1 saturated heterocycles. The van der Waals surface area contributed by atoms with Crippen molar-refractivity contribution in [2.45, 2.75) is 12.6 Å². The molecule has 2 N–H and O–H groups in total. The van der Waals surface area contributed by atoms with Crippen molar-refractivity contribution >= 4 is 17.0 Å². The van der Waals surface area contributed by atoms with E-state index >= 15 is 0 Å². The Hall–Kier alpha value is -1.79. The third-order valence-electron chi connectivity index (χ3n) is 3.26. The smallest absolute Gasteiger partial charge is 0.201 e. The molecule has 1 aromatic carbocycles. The standard InChI is InChI=1S/C13H17N3O3/c1-17-9-2-3-12-11(6-9)15-13(14)16(12)7-10-8-18-4-5-19-10/h2-3,6,10H,4-5,7-8H2,1H3,(H2,14,15). The quantitative estimate of drug-likeness (QED) is 0.896. The van der Waals surface area contributed by atoms with E-state index in [4.69, 9.17) is 19.9 Å². The highest BCUT2D eigenvalue weighted by Gasteiger charge is 2.18. The highest BCUT2D eigenvalue weighted by atomic mass is 16.6. The number of ether oxygens (including phenoxy) is 3. The van der Waals surface area contributed by atoms with Gasteiger partial charge in [0, 0.05) is 6.07 Å². The lowest BCUT2D eigenvalue weighted by molar-refractivity contribution is -0.0930. The first kappa shape index (κ1) is 12.3. The number of methoxy groups -OCH3 is 1. The van der Waals surface area contributed by atoms with E-state index < -0.39 is 0 Å². The number of rotatable bonds is 3. The Balaban J connectivity index is 1.91. The molecule has 0 spiro atoms. The van der Waals surface area contributed by atoms with E-state index in [1.807, 2.05) is 22.8 Å². The number of hydrogen-bond donors (Lipinski definition) is 1. The number of benzene rings is 1. The number of fused-ring (bicyclic) bond motifs is 1. The summed E-state index contributed by atoms with van der Waals surface area (Å²) in [5.41, 5.74) is 7.78. The zero-order chi connectivity index (χ0) is 13.2. The van der Waals surface area contributed by atoms with E-state index in [9.17, 15) is 0 Å². The van der Waals surface area contributed by atoms with Crippen LogP contribution in [0.4, 0.5) is 5.95 Å². The fourth-order valence-corrected chi connectivity index (χ4v) is 2.29. The maximum absolute atomic E-state index is 5.98. The van der Waals surface area contributed by atoms with Crippen molar-refractivity contribution in [2.24, 2.45) is 0 Å². The van der Waals surface area contributed by atoms with Gasteiger partial charge in [0.2, 0.25) is 5.95 Å². The van der Waals surface area contributed by atoms with Gasteiger partial charge in [-0.1, -0.05) is 0 Å². The van der Waals surface area contributed by atoms with E-state index in [0.29, 0.717) is 32.3 Å². The van der Waals surface area contributed by atoms with Gasteiger partial charge < -0.3 is 24.5 Å². The molecule has 1 fully saturated rings. The first-order chi connectivity index (χ1) is 9.28. The summed E-state index contributed by atoms with van der Waals surface area (Å²) in [7, 11) is 1.63. The van der Waals surface area contributed by atoms with E-state index in [2.05, 4.69) is 4.98 Å². The maximum atomic E-state index is 5.98. The Morgan fingerprint density at radius 2 is 2.37 bits per heavy atom. The van der Waals surface area contributed by atoms with Crippen molar-refractivity contribution < 1.29 is 14.2 Å². The van der Waals surface area contributed by atoms with E-state index in [1.165, 1.54) is 0 Å². The zero-order valence-corrected chi connectivity index (χ0v) is 10.8. The number of imidazole rings is 1. The second-order valence-corrected chi connectivity index (χ2v) is 4.50. The lowest BCUT2D eigenvalue weighted by Crippen LogP contribution is -2.32. The summed E-state index contributed by atoms with van der Waals surface area (Å²) in [5, 5.41) is 0. The summed E-state index contributed by atoms with van der Waals surface area (Å²) in [6, 6.07) is 5.74. The summed E-state index contributed by atoms with van der Waals surface area (Å²) in [6.45, 7) is 2.53. The molecule has 0 saturated carbocycles. The SMILES string of the molecule is COc1ccc2c(c1)nc(N)n2CC1COCCO1. The Kier molecular flexibility index (Phi) is 3.27. The molecule has 1 aromatic heterocycles. The molecule has 1 atom stereocenters. The molecule has 1 unspecified atom stereocenters. The van der Waals surface area contributed by atoms with Crippen LogP contribution in [0.15, 0.2) is 18.2 Å². The van der Waals surface area contributed by atoms with Crippen molar-refractivity contribution in [3.63, 3.8) is 0 Å². The van der Waals surface area contributed by atoms with E-state index in [0.717, 1.165) is 16.8 Å². The number of aromatic nitrogens is 2. The molecule has 19 heavy (non-hydrogen) atoms. The number of hydrogen-bond acceptors (Lipinski definition) is 5. The van der Waals surface area contributed by atoms with Crippen LogP contribution in [-0.2, 0) is 16.0 Å². The third kappa shape index (κ3) is 2.36. The minimum Gasteiger partial charge on any atom is -0.497 e. The first-order valence-corrected chi connectivity index (χ1v) is 6.27. The van der Waals surface area contributed by atoms with Gasteiger partial charge in [-0.25, -0.2) is 4.98 Å². The average Bonchev–Trinajstić information content (AvgIpc) is 2.75. The molecule has 2 aromatic rings. The van der Waals surface area contributed by atoms with Crippen LogP contribution in [0.25, 0.3) is 11.0 Å². The third-order valence-corrected chi connectivity index (χ3v) is 3.26. The highest BCUT2D eigenvalue weighted by molar-refractivity contribution is 5.79. The van der Waals surface area contributed by atoms with Gasteiger partial charge in [-0.2, -0.15) is 0 Å². The van der Waals surface area contributed by atoms with Crippen LogP contribution in [0.3, 0.4) is 0 Å². The van der Waals surface area contributed by atoms with Crippen LogP contribution in [0.1, 0.15) is 0 Å². The lowest BCUT2D eigenvalue weighted by atomic mass is 10.3. The van der Waals surface area contributed by atoms with Gasteiger partial charge in [-0.3, -0.25) is 0 Å². The van der Waals surface area contributed by atoms with Gasteiger partial charge in [-0.05, 0) is 12.1 Å². The molecule has 0 aliphatic carbocycles. The Morgan fingerprint density at radius 1 is 1.47 bits per heavy atom. The topological polar surface area (TPSA) is 71.5 Å². The second-order valence-electron chi connectivity index (χ2n) is 4.50. The zero-order valence-electron chi connectivity index (χ0n) is 10.8. The molecule has 0 bridgehead atoms. The Labute approximate surface area is 111 Å². The van der Waals surface area contributed by atoms with Crippen molar-refractivity contribution in [1.29, 1.82) is 0 Å². The van der Waals surface area contributed by atoms with Crippen LogP contribution in [0.5, 0.6) is 5.75 Å². The maximum Gasteiger partial charge on any atom is 0.201 e. The summed E-state index contributed by atoms with van der Waals surface area (Å²) >= 11 is 0. The van der Waals surface area contributed by atoms with Gasteiger partial charge in [0.15, 0.2) is 0 Å². The van der Waals surface area contributed by atoms with Crippen molar-refractivity contribution in [2.75, 3.05) is 32.7 Å². The highest BCUT2D eigenvalue weighted by Crippen LogP contribution is 2.23. The molecule has 1 aliphatic heterocycles. The molecule has 2 heterocycles. The van der Waals surface area contributed by atoms with Crippen LogP contribution in [0.2, 0.25) is 0 Å². The van der Waals surface area contributed by atoms with Crippen molar-refractivity contribution in [3.05, 3.63) is 18.2 Å². The van der Waals surface area contributed by atoms with Crippen molar-refractivity contribution in [1.82, 2.24) is 9.55 Å². The molecule has 6 nitrogen and oxygen atoms in total. The number of nitrogens with zero attached hydrogens (tertiary/aromatic N) is 2. The number of anilines is 1. The van der Waals surface area contributed by atoms with Crippen LogP contribution in [0, 0.1) is 0 Å². The largest absolute Gasteiger partial charge is 0.497 e. The average molecular weight is 263 g/mol. The number of nitrogen functional groups attached to an aromatic ring is 1. The summed E-state index contributed by atoms with van der Waals surface area (Å²) in [5.74, 6) is 1.26. The van der Waals surface area contributed by atoms with Gasteiger partial charge >= 0.3 is 0 Å². The Morgan fingerprint density at radius 3 is 3.11 bits per heavy atom. The monoisotopic (exact) mass is 263 g/mol. The van der Waals surface area contributed by atoms with Crippen molar-refractivity contribution in [3.8, 4) is 5.75 Å². The molecule has 6 heteroatoms. The van der Waals surface area contributed by atoms with Crippen LogP contribution in [-0.4, -0.2) is 42.6 Å². The van der Waals surface area contributed by atoms with E-state index in [1.54, 1.807) is 7.11 Å². The molecular formula is C13H17N3O3. The molecule has 3 rings (SSSR count). The predicted molar refractivity (Wildman–Crippen MR) is 71.3 cm³/mol. The summed E-state index contributed by atoms with van der Waals surface area (Å²) in [4.78, 5) is 4.35. The van der Waals surface area contributed by atoms with E-state index in [-0.39, 0.29) is 6.10 Å². The molecule has 1 aliphatic rings. The first-order valence-electron chi connectivity index (χ1n) is 6.27. The fraction of sp³-hybridized carbons (Fsp3) is 0.462. The van der Waals surface area contributed by atoms with Crippen LogP contribution >= 0.6 is 0 Å². The summed E-state index contributed by atoms with van der Waals surface area (Å²) < 4.78 is 18.2. The second kappa shape index (κ2) is 5.07. The minimum atomic E-state index is 0.0237. The minimum absolute atomic E-state index is 0.0237. The predicted octanol–water partition coefficient (Wildman–Crippen LogP) is 1.04. The fourth-order valence-electron chi connectivity index (χ4n) is 2.29. The lowest BCUT2D eigenvalue weighted by Gasteiger charge is -2.23. The molecule has 0 radical (unpaired) electrons. The number of nitrogens with two attached hydrogens (primary N) is 1. The molecular weight excluding hydrogens is 246 g/mol. The molecule has 102 valence electrons. The van der Waals surface area contributed by atoms with Gasteiger partial charge in [0.05, 0.1) is 50.6 Å². The summed E-state index contributed by atoms with van der Waals surface area (Å²) in [6.07, 6.45) is 0.0237. The Bertz CT molecular complexity index is 576. The normalized spacial score (nSPS) is 19.7. The van der Waals surface area contributed by atoms with Crippen LogP contribution < -0.4 is 10.5 Å². The van der Waals surface area contributed by atoms with Gasteiger partial charge in [0.25, 0.3) is 0 Å².